The normalized spacial score (nSPS) is 11.9. The van der Waals surface area contributed by atoms with Crippen molar-refractivity contribution in [2.75, 3.05) is 13.2 Å². The Bertz CT molecular complexity index is 826. The summed E-state index contributed by atoms with van der Waals surface area (Å²) in [7, 11) is 0. The molecule has 0 bridgehead atoms. The van der Waals surface area contributed by atoms with Crippen molar-refractivity contribution in [1.29, 1.82) is 0 Å². The summed E-state index contributed by atoms with van der Waals surface area (Å²) in [6.07, 6.45) is 43.8. The second kappa shape index (κ2) is 43.5. The molecule has 0 saturated heterocycles. The number of hydrogen-bond acceptors (Lipinski definition) is 6. The Morgan fingerprint density at radius 2 is 0.600 bits per heavy atom. The molecule has 0 aromatic carbocycles. The van der Waals surface area contributed by atoms with Gasteiger partial charge in [-0.05, 0) is 25.2 Å². The maximum Gasteiger partial charge on any atom is 0.306 e. The molecular formula is C49H94O6. The van der Waals surface area contributed by atoms with Gasteiger partial charge in [0.25, 0.3) is 0 Å². The Morgan fingerprint density at radius 3 is 0.891 bits per heavy atom. The van der Waals surface area contributed by atoms with Crippen LogP contribution in [0.2, 0.25) is 0 Å². The maximum atomic E-state index is 12.7. The lowest BCUT2D eigenvalue weighted by Crippen LogP contribution is -2.30. The second-order valence-corrected chi connectivity index (χ2v) is 17.2. The zero-order chi connectivity index (χ0) is 40.3. The predicted octanol–water partition coefficient (Wildman–Crippen LogP) is 15.5. The Labute approximate surface area is 342 Å². The van der Waals surface area contributed by atoms with Crippen LogP contribution in [0.25, 0.3) is 0 Å². The van der Waals surface area contributed by atoms with Crippen LogP contribution in [0.15, 0.2) is 0 Å². The molecule has 0 aromatic heterocycles. The van der Waals surface area contributed by atoms with Crippen molar-refractivity contribution in [3.05, 3.63) is 0 Å². The van der Waals surface area contributed by atoms with Crippen molar-refractivity contribution in [2.45, 2.75) is 278 Å². The molecule has 6 nitrogen and oxygen atoms in total. The first kappa shape index (κ1) is 53.4. The highest BCUT2D eigenvalue weighted by Crippen LogP contribution is 2.17. The smallest absolute Gasteiger partial charge is 0.306 e. The minimum absolute atomic E-state index is 0.0634. The Kier molecular flexibility index (Phi) is 42.3. The molecular weight excluding hydrogens is 685 g/mol. The third kappa shape index (κ3) is 43.4. The summed E-state index contributed by atoms with van der Waals surface area (Å²) in [4.78, 5) is 37.7. The number of hydrogen-bond donors (Lipinski definition) is 0. The number of carbonyl (C=O) groups is 3. The van der Waals surface area contributed by atoms with E-state index < -0.39 is 6.10 Å². The molecule has 0 aliphatic rings. The zero-order valence-corrected chi connectivity index (χ0v) is 37.4. The molecule has 0 N–H and O–H groups in total. The van der Waals surface area contributed by atoms with Gasteiger partial charge in [-0.25, -0.2) is 0 Å². The zero-order valence-electron chi connectivity index (χ0n) is 37.4. The summed E-state index contributed by atoms with van der Waals surface area (Å²) in [6.45, 7) is 9.00. The highest BCUT2D eigenvalue weighted by atomic mass is 16.6. The van der Waals surface area contributed by atoms with Crippen LogP contribution in [0.4, 0.5) is 0 Å². The van der Waals surface area contributed by atoms with Crippen molar-refractivity contribution < 1.29 is 28.6 Å². The van der Waals surface area contributed by atoms with Gasteiger partial charge in [0.2, 0.25) is 0 Å². The van der Waals surface area contributed by atoms with Gasteiger partial charge < -0.3 is 14.2 Å². The molecule has 0 aromatic rings. The van der Waals surface area contributed by atoms with E-state index in [1.807, 2.05) is 0 Å². The fraction of sp³-hybridized carbons (Fsp3) is 0.939. The Morgan fingerprint density at radius 1 is 0.345 bits per heavy atom. The summed E-state index contributed by atoms with van der Waals surface area (Å²) in [5, 5.41) is 0. The third-order valence-corrected chi connectivity index (χ3v) is 11.0. The van der Waals surface area contributed by atoms with Gasteiger partial charge in [-0.15, -0.1) is 0 Å². The first-order chi connectivity index (χ1) is 26.9. The maximum absolute atomic E-state index is 12.7. The van der Waals surface area contributed by atoms with E-state index in [0.29, 0.717) is 19.3 Å². The van der Waals surface area contributed by atoms with Gasteiger partial charge >= 0.3 is 17.9 Å². The molecule has 0 amide bonds. The fourth-order valence-electron chi connectivity index (χ4n) is 7.33. The third-order valence-electron chi connectivity index (χ3n) is 11.0. The highest BCUT2D eigenvalue weighted by Gasteiger charge is 2.19. The standard InChI is InChI=1S/C49H94O6/c1-5-7-9-11-13-15-25-29-33-37-41-48(51)54-44-46(43-53-47(50)40-36-32-28-23-14-12-10-8-6-2)55-49(52)42-38-34-30-26-22-20-18-16-17-19-21-24-27-31-35-39-45(3)4/h45-46H,5-44H2,1-4H3/t46-/m0/s1. The van der Waals surface area contributed by atoms with E-state index in [1.54, 1.807) is 0 Å². The van der Waals surface area contributed by atoms with Crippen LogP contribution in [0.5, 0.6) is 0 Å². The van der Waals surface area contributed by atoms with Gasteiger partial charge in [-0.3, -0.25) is 14.4 Å². The van der Waals surface area contributed by atoms with E-state index in [1.165, 1.54) is 167 Å². The summed E-state index contributed by atoms with van der Waals surface area (Å²) in [5.41, 5.74) is 0. The monoisotopic (exact) mass is 779 g/mol. The lowest BCUT2D eigenvalue weighted by Gasteiger charge is -2.18. The van der Waals surface area contributed by atoms with Crippen LogP contribution in [-0.4, -0.2) is 37.2 Å². The average Bonchev–Trinajstić information content (AvgIpc) is 3.17. The molecule has 0 unspecified atom stereocenters. The number of carbonyl (C=O) groups excluding carboxylic acids is 3. The van der Waals surface area contributed by atoms with Crippen molar-refractivity contribution in [2.24, 2.45) is 5.92 Å². The molecule has 6 heteroatoms. The van der Waals surface area contributed by atoms with Crippen LogP contribution >= 0.6 is 0 Å². The average molecular weight is 779 g/mol. The SMILES string of the molecule is CCCCCCCCCCCCC(=O)OC[C@H](COC(=O)CCCCCCCCCCC)OC(=O)CCCCCCCCCCCCCCCCCC(C)C. The van der Waals surface area contributed by atoms with Gasteiger partial charge in [0.05, 0.1) is 0 Å². The van der Waals surface area contributed by atoms with Crippen LogP contribution in [-0.2, 0) is 28.6 Å². The molecule has 326 valence electrons. The van der Waals surface area contributed by atoms with E-state index in [4.69, 9.17) is 14.2 Å². The molecule has 0 spiro atoms. The van der Waals surface area contributed by atoms with E-state index in [2.05, 4.69) is 27.7 Å². The molecule has 0 aliphatic heterocycles. The summed E-state index contributed by atoms with van der Waals surface area (Å²) in [5.74, 6) is -0.00469. The predicted molar refractivity (Wildman–Crippen MR) is 233 cm³/mol. The topological polar surface area (TPSA) is 78.9 Å². The Hall–Kier alpha value is -1.59. The van der Waals surface area contributed by atoms with Crippen molar-refractivity contribution >= 4 is 17.9 Å². The van der Waals surface area contributed by atoms with Crippen LogP contribution in [0.1, 0.15) is 272 Å². The molecule has 0 aliphatic carbocycles. The van der Waals surface area contributed by atoms with Crippen molar-refractivity contribution in [1.82, 2.24) is 0 Å². The number of unbranched alkanes of at least 4 members (excludes halogenated alkanes) is 31. The molecule has 0 fully saturated rings. The first-order valence-electron chi connectivity index (χ1n) is 24.4. The summed E-state index contributed by atoms with van der Waals surface area (Å²) in [6, 6.07) is 0. The van der Waals surface area contributed by atoms with Crippen molar-refractivity contribution in [3.8, 4) is 0 Å². The van der Waals surface area contributed by atoms with Gasteiger partial charge in [0.1, 0.15) is 13.2 Å². The molecule has 0 rings (SSSR count). The molecule has 0 heterocycles. The van der Waals surface area contributed by atoms with Gasteiger partial charge in [0.15, 0.2) is 6.10 Å². The van der Waals surface area contributed by atoms with Gasteiger partial charge in [-0.2, -0.15) is 0 Å². The Balaban J connectivity index is 4.24. The number of ether oxygens (including phenoxy) is 3. The van der Waals surface area contributed by atoms with Gasteiger partial charge in [-0.1, -0.05) is 233 Å². The number of esters is 3. The van der Waals surface area contributed by atoms with Crippen LogP contribution < -0.4 is 0 Å². The van der Waals surface area contributed by atoms with E-state index in [9.17, 15) is 14.4 Å². The number of rotatable bonds is 44. The lowest BCUT2D eigenvalue weighted by molar-refractivity contribution is -0.167. The van der Waals surface area contributed by atoms with Crippen LogP contribution in [0, 0.1) is 5.92 Å². The van der Waals surface area contributed by atoms with E-state index in [0.717, 1.165) is 63.7 Å². The first-order valence-corrected chi connectivity index (χ1v) is 24.4. The minimum atomic E-state index is -0.758. The minimum Gasteiger partial charge on any atom is -0.462 e. The highest BCUT2D eigenvalue weighted by molar-refractivity contribution is 5.71. The second-order valence-electron chi connectivity index (χ2n) is 17.2. The lowest BCUT2D eigenvalue weighted by atomic mass is 10.0. The van der Waals surface area contributed by atoms with Crippen LogP contribution in [0.3, 0.4) is 0 Å². The molecule has 55 heavy (non-hydrogen) atoms. The molecule has 0 radical (unpaired) electrons. The summed E-state index contributed by atoms with van der Waals surface area (Å²) >= 11 is 0. The fourth-order valence-corrected chi connectivity index (χ4v) is 7.33. The van der Waals surface area contributed by atoms with E-state index in [-0.39, 0.29) is 31.1 Å². The molecule has 1 atom stereocenters. The van der Waals surface area contributed by atoms with Crippen molar-refractivity contribution in [3.63, 3.8) is 0 Å². The quantitative estimate of drug-likeness (QED) is 0.0348. The van der Waals surface area contributed by atoms with Gasteiger partial charge in [0, 0.05) is 19.3 Å². The molecule has 0 saturated carbocycles. The summed E-state index contributed by atoms with van der Waals surface area (Å²) < 4.78 is 16.7. The van der Waals surface area contributed by atoms with E-state index >= 15 is 0 Å². The largest absolute Gasteiger partial charge is 0.462 e.